The molecule has 0 spiro atoms. The van der Waals surface area contributed by atoms with Crippen molar-refractivity contribution < 1.29 is 24.2 Å². The van der Waals surface area contributed by atoms with Gasteiger partial charge in [-0.1, -0.05) is 68.3 Å². The van der Waals surface area contributed by atoms with Gasteiger partial charge in [0.15, 0.2) is 0 Å². The number of carboxylic acid groups (broad SMARTS) is 1. The molecule has 4 rings (SSSR count). The molecule has 7 heteroatoms. The smallest absolute Gasteiger partial charge is 0.407 e. The molecule has 2 aliphatic carbocycles. The molecule has 0 saturated heterocycles. The van der Waals surface area contributed by atoms with Crippen LogP contribution in [0.1, 0.15) is 56.1 Å². The van der Waals surface area contributed by atoms with Crippen LogP contribution in [0.15, 0.2) is 48.5 Å². The van der Waals surface area contributed by atoms with Gasteiger partial charge in [-0.05, 0) is 41.5 Å². The first kappa shape index (κ1) is 21.9. The van der Waals surface area contributed by atoms with E-state index in [1.807, 2.05) is 36.4 Å². The van der Waals surface area contributed by atoms with E-state index in [0.29, 0.717) is 19.3 Å². The van der Waals surface area contributed by atoms with Crippen LogP contribution in [-0.4, -0.2) is 41.3 Å². The average molecular weight is 437 g/mol. The summed E-state index contributed by atoms with van der Waals surface area (Å²) in [7, 11) is 0. The second-order valence-corrected chi connectivity index (χ2v) is 8.51. The van der Waals surface area contributed by atoms with Crippen molar-refractivity contribution in [3.63, 3.8) is 0 Å². The predicted octanol–water partition coefficient (Wildman–Crippen LogP) is 3.82. The fourth-order valence-corrected chi connectivity index (χ4v) is 4.83. The van der Waals surface area contributed by atoms with Crippen molar-refractivity contribution in [3.05, 3.63) is 59.7 Å². The summed E-state index contributed by atoms with van der Waals surface area (Å²) < 4.78 is 5.52. The third kappa shape index (κ3) is 4.07. The Hall–Kier alpha value is -3.35. The lowest BCUT2D eigenvalue weighted by molar-refractivity contribution is -0.147. The van der Waals surface area contributed by atoms with Crippen LogP contribution in [0, 0.1) is 0 Å². The van der Waals surface area contributed by atoms with Crippen molar-refractivity contribution in [1.29, 1.82) is 0 Å². The molecule has 2 aromatic carbocycles. The highest BCUT2D eigenvalue weighted by Gasteiger charge is 2.43. The largest absolute Gasteiger partial charge is 0.480 e. The van der Waals surface area contributed by atoms with Gasteiger partial charge in [0, 0.05) is 5.92 Å². The normalized spacial score (nSPS) is 17.2. The van der Waals surface area contributed by atoms with Crippen LogP contribution in [0.2, 0.25) is 0 Å². The van der Waals surface area contributed by atoms with Gasteiger partial charge >= 0.3 is 12.1 Å². The molecule has 0 aliphatic heterocycles. The Kier molecular flexibility index (Phi) is 6.17. The SMILES string of the molecule is CCC(NC(=O)OCC1c2ccccc2-c2ccccc21)C(=O)NC1(C(=O)O)CCCC1. The summed E-state index contributed by atoms with van der Waals surface area (Å²) in [4.78, 5) is 37.0. The molecule has 0 heterocycles. The maximum atomic E-state index is 12.7. The average Bonchev–Trinajstić information content (AvgIpc) is 3.40. The Morgan fingerprint density at radius 2 is 1.59 bits per heavy atom. The van der Waals surface area contributed by atoms with Crippen LogP contribution >= 0.6 is 0 Å². The van der Waals surface area contributed by atoms with Gasteiger partial charge in [0.2, 0.25) is 5.91 Å². The fraction of sp³-hybridized carbons (Fsp3) is 0.400. The lowest BCUT2D eigenvalue weighted by Crippen LogP contribution is -2.58. The minimum absolute atomic E-state index is 0.0733. The van der Waals surface area contributed by atoms with Crippen molar-refractivity contribution in [1.82, 2.24) is 10.6 Å². The number of nitrogens with one attached hydrogen (secondary N) is 2. The number of alkyl carbamates (subject to hydrolysis) is 1. The molecule has 1 unspecified atom stereocenters. The molecule has 0 aromatic heterocycles. The van der Waals surface area contributed by atoms with Gasteiger partial charge in [0.05, 0.1) is 0 Å². The first-order valence-corrected chi connectivity index (χ1v) is 11.1. The highest BCUT2D eigenvalue weighted by Crippen LogP contribution is 2.44. The molecular formula is C25H28N2O5. The molecular weight excluding hydrogens is 408 g/mol. The summed E-state index contributed by atoms with van der Waals surface area (Å²) in [5.41, 5.74) is 3.25. The number of carbonyl (C=O) groups excluding carboxylic acids is 2. The van der Waals surface area contributed by atoms with Gasteiger partial charge < -0.3 is 20.5 Å². The Labute approximate surface area is 187 Å². The van der Waals surface area contributed by atoms with Crippen LogP contribution < -0.4 is 10.6 Å². The predicted molar refractivity (Wildman–Crippen MR) is 119 cm³/mol. The summed E-state index contributed by atoms with van der Waals surface area (Å²) >= 11 is 0. The number of fused-ring (bicyclic) bond motifs is 3. The number of amides is 2. The first-order chi connectivity index (χ1) is 15.4. The van der Waals surface area contributed by atoms with Gasteiger partial charge in [-0.15, -0.1) is 0 Å². The van der Waals surface area contributed by atoms with Gasteiger partial charge in [0.25, 0.3) is 0 Å². The molecule has 0 radical (unpaired) electrons. The first-order valence-electron chi connectivity index (χ1n) is 11.1. The second kappa shape index (κ2) is 9.02. The Bertz CT molecular complexity index is 983. The lowest BCUT2D eigenvalue weighted by atomic mass is 9.97. The zero-order valence-electron chi connectivity index (χ0n) is 18.1. The van der Waals surface area contributed by atoms with Gasteiger partial charge in [0.1, 0.15) is 18.2 Å². The standard InChI is InChI=1S/C25H28N2O5/c1-2-21(22(28)27-25(23(29)30)13-7-8-14-25)26-24(31)32-15-20-18-11-5-3-9-16(18)17-10-4-6-12-19(17)20/h3-6,9-12,20-21H,2,7-8,13-15H2,1H3,(H,26,31)(H,27,28)(H,29,30). The Morgan fingerprint density at radius 1 is 1.03 bits per heavy atom. The zero-order valence-corrected chi connectivity index (χ0v) is 18.1. The third-order valence-corrected chi connectivity index (χ3v) is 6.59. The Balaban J connectivity index is 1.39. The molecule has 1 saturated carbocycles. The highest BCUT2D eigenvalue weighted by molar-refractivity contribution is 5.91. The molecule has 1 atom stereocenters. The monoisotopic (exact) mass is 436 g/mol. The van der Waals surface area contributed by atoms with Crippen molar-refractivity contribution in [2.75, 3.05) is 6.61 Å². The minimum atomic E-state index is -1.24. The van der Waals surface area contributed by atoms with Crippen LogP contribution in [-0.2, 0) is 14.3 Å². The molecule has 0 bridgehead atoms. The fourth-order valence-electron chi connectivity index (χ4n) is 4.83. The lowest BCUT2D eigenvalue weighted by Gasteiger charge is -2.28. The van der Waals surface area contributed by atoms with E-state index < -0.39 is 29.6 Å². The number of carboxylic acids is 1. The topological polar surface area (TPSA) is 105 Å². The highest BCUT2D eigenvalue weighted by atomic mass is 16.5. The number of benzene rings is 2. The number of rotatable bonds is 7. The quantitative estimate of drug-likeness (QED) is 0.612. The van der Waals surface area contributed by atoms with Crippen LogP contribution in [0.25, 0.3) is 11.1 Å². The molecule has 7 nitrogen and oxygen atoms in total. The van der Waals surface area contributed by atoms with Crippen molar-refractivity contribution in [3.8, 4) is 11.1 Å². The number of ether oxygens (including phenoxy) is 1. The number of hydrogen-bond donors (Lipinski definition) is 3. The summed E-state index contributed by atoms with van der Waals surface area (Å²) in [6.07, 6.45) is 1.94. The molecule has 3 N–H and O–H groups in total. The third-order valence-electron chi connectivity index (χ3n) is 6.59. The van der Waals surface area contributed by atoms with E-state index >= 15 is 0 Å². The van der Waals surface area contributed by atoms with Crippen LogP contribution in [0.4, 0.5) is 4.79 Å². The maximum absolute atomic E-state index is 12.7. The van der Waals surface area contributed by atoms with Gasteiger partial charge in [-0.3, -0.25) is 4.79 Å². The van der Waals surface area contributed by atoms with Gasteiger partial charge in [-0.2, -0.15) is 0 Å². The molecule has 32 heavy (non-hydrogen) atoms. The molecule has 2 aromatic rings. The summed E-state index contributed by atoms with van der Waals surface area (Å²) in [5.74, 6) is -1.60. The van der Waals surface area contributed by atoms with E-state index in [-0.39, 0.29) is 12.5 Å². The van der Waals surface area contributed by atoms with Crippen molar-refractivity contribution in [2.24, 2.45) is 0 Å². The summed E-state index contributed by atoms with van der Waals surface area (Å²) in [5, 5.41) is 14.9. The molecule has 1 fully saturated rings. The van der Waals surface area contributed by atoms with Gasteiger partial charge in [-0.25, -0.2) is 9.59 Å². The zero-order chi connectivity index (χ0) is 22.7. The number of aliphatic carboxylic acids is 1. The van der Waals surface area contributed by atoms with Crippen LogP contribution in [0.5, 0.6) is 0 Å². The van der Waals surface area contributed by atoms with E-state index in [1.165, 1.54) is 0 Å². The molecule has 2 aliphatic rings. The molecule has 2 amide bonds. The van der Waals surface area contributed by atoms with Crippen molar-refractivity contribution in [2.45, 2.75) is 56.5 Å². The molecule has 168 valence electrons. The Morgan fingerprint density at radius 3 is 2.12 bits per heavy atom. The number of hydrogen-bond acceptors (Lipinski definition) is 4. The number of carbonyl (C=O) groups is 3. The summed E-state index contributed by atoms with van der Waals surface area (Å²) in [6.45, 7) is 1.91. The van der Waals surface area contributed by atoms with E-state index in [4.69, 9.17) is 4.74 Å². The van der Waals surface area contributed by atoms with Crippen molar-refractivity contribution >= 4 is 18.0 Å². The van der Waals surface area contributed by atoms with E-state index in [2.05, 4.69) is 22.8 Å². The van der Waals surface area contributed by atoms with Crippen LogP contribution in [0.3, 0.4) is 0 Å². The second-order valence-electron chi connectivity index (χ2n) is 8.51. The summed E-state index contributed by atoms with van der Waals surface area (Å²) in [6, 6.07) is 15.3. The van der Waals surface area contributed by atoms with E-state index in [0.717, 1.165) is 35.1 Å². The van der Waals surface area contributed by atoms with E-state index in [1.54, 1.807) is 6.92 Å². The maximum Gasteiger partial charge on any atom is 0.407 e. The van der Waals surface area contributed by atoms with E-state index in [9.17, 15) is 19.5 Å². The minimum Gasteiger partial charge on any atom is -0.480 e.